The summed E-state index contributed by atoms with van der Waals surface area (Å²) in [5, 5.41) is 0.489. The third-order valence-electron chi connectivity index (χ3n) is 1.99. The minimum absolute atomic E-state index is 0.213. The number of nitrogens with two attached hydrogens (primary N) is 2. The van der Waals surface area contributed by atoms with Crippen molar-refractivity contribution in [3.8, 4) is 0 Å². The van der Waals surface area contributed by atoms with Crippen LogP contribution in [0, 0.1) is 5.92 Å². The average molecular weight is 223 g/mol. The Labute approximate surface area is 89.6 Å². The fourth-order valence-corrected chi connectivity index (χ4v) is 1.59. The summed E-state index contributed by atoms with van der Waals surface area (Å²) in [6.45, 7) is 4.15. The lowest BCUT2D eigenvalue weighted by molar-refractivity contribution is 0.580. The maximum atomic E-state index is 5.74. The van der Waals surface area contributed by atoms with Gasteiger partial charge in [0.1, 0.15) is 5.16 Å². The summed E-state index contributed by atoms with van der Waals surface area (Å²) in [5.41, 5.74) is 11.7. The fraction of sp³-hybridized carbons (Fsp3) is 0.556. The maximum absolute atomic E-state index is 5.74. The lowest BCUT2D eigenvalue weighted by Crippen LogP contribution is -2.07. The lowest BCUT2D eigenvalue weighted by Gasteiger charge is -2.14. The van der Waals surface area contributed by atoms with Crippen LogP contribution in [0.2, 0.25) is 0 Å². The number of hydrogen-bond acceptors (Lipinski definition) is 2. The zero-order valence-electron chi connectivity index (χ0n) is 7.98. The zero-order valence-corrected chi connectivity index (χ0v) is 9.49. The van der Waals surface area contributed by atoms with Crippen LogP contribution in [0.15, 0.2) is 22.0 Å². The quantitative estimate of drug-likeness (QED) is 0.568. The molecular weight excluding hydrogens is 207 g/mol. The van der Waals surface area contributed by atoms with E-state index < -0.39 is 0 Å². The van der Waals surface area contributed by atoms with Gasteiger partial charge in [-0.05, 0) is 30.4 Å². The summed E-state index contributed by atoms with van der Waals surface area (Å²) in [5.74, 6) is 0.329. The van der Waals surface area contributed by atoms with Crippen molar-refractivity contribution in [2.24, 2.45) is 17.4 Å². The van der Waals surface area contributed by atoms with E-state index in [9.17, 15) is 0 Å². The summed E-state index contributed by atoms with van der Waals surface area (Å²) in [6.07, 6.45) is 3.57. The Morgan fingerprint density at radius 1 is 1.23 bits per heavy atom. The lowest BCUT2D eigenvalue weighted by atomic mass is 9.94. The molecule has 0 aromatic rings. The van der Waals surface area contributed by atoms with Gasteiger partial charge in [-0.2, -0.15) is 0 Å². The molecule has 0 aliphatic heterocycles. The molecule has 0 saturated heterocycles. The Balaban J connectivity index is 4.83. The predicted octanol–water partition coefficient (Wildman–Crippen LogP) is 2.87. The SMILES string of the molecule is CCC(CC)C(/C=C(\N)Cl)=C(/N)Cl. The van der Waals surface area contributed by atoms with Gasteiger partial charge in [-0.25, -0.2) is 0 Å². The molecule has 4 N–H and O–H groups in total. The summed E-state index contributed by atoms with van der Waals surface area (Å²) in [4.78, 5) is 0. The van der Waals surface area contributed by atoms with Crippen LogP contribution < -0.4 is 11.5 Å². The molecule has 0 saturated carbocycles. The van der Waals surface area contributed by atoms with Crippen LogP contribution in [0.4, 0.5) is 0 Å². The number of allylic oxidation sites excluding steroid dienone is 2. The molecule has 0 spiro atoms. The smallest absolute Gasteiger partial charge is 0.103 e. The Morgan fingerprint density at radius 2 is 1.69 bits per heavy atom. The predicted molar refractivity (Wildman–Crippen MR) is 59.3 cm³/mol. The normalized spacial score (nSPS) is 14.7. The summed E-state index contributed by atoms with van der Waals surface area (Å²) >= 11 is 11.3. The zero-order chi connectivity index (χ0) is 10.4. The van der Waals surface area contributed by atoms with Gasteiger partial charge in [-0.3, -0.25) is 0 Å². The molecule has 0 radical (unpaired) electrons. The fourth-order valence-electron chi connectivity index (χ4n) is 1.26. The molecule has 0 heterocycles. The Kier molecular flexibility index (Phi) is 6.00. The van der Waals surface area contributed by atoms with Crippen LogP contribution in [-0.4, -0.2) is 0 Å². The first-order chi connectivity index (χ1) is 6.02. The third kappa shape index (κ3) is 4.44. The number of halogens is 2. The first-order valence-corrected chi connectivity index (χ1v) is 5.06. The standard InChI is InChI=1S/C9H16Cl2N2/c1-3-6(4-2)7(9(11)13)5-8(10)12/h5-6H,3-4,12-13H2,1-2H3/b8-5-,9-7+. The second kappa shape index (κ2) is 6.17. The molecule has 0 atom stereocenters. The highest BCUT2D eigenvalue weighted by molar-refractivity contribution is 6.30. The molecular formula is C9H16Cl2N2. The van der Waals surface area contributed by atoms with Gasteiger partial charge in [0.15, 0.2) is 0 Å². The monoisotopic (exact) mass is 222 g/mol. The van der Waals surface area contributed by atoms with E-state index in [1.54, 1.807) is 6.08 Å². The van der Waals surface area contributed by atoms with E-state index in [0.29, 0.717) is 5.92 Å². The molecule has 13 heavy (non-hydrogen) atoms. The van der Waals surface area contributed by atoms with Crippen molar-refractivity contribution < 1.29 is 0 Å². The molecule has 0 aromatic heterocycles. The second-order valence-electron chi connectivity index (χ2n) is 2.85. The van der Waals surface area contributed by atoms with Crippen molar-refractivity contribution in [3.05, 3.63) is 22.0 Å². The van der Waals surface area contributed by atoms with E-state index in [1.165, 1.54) is 0 Å². The van der Waals surface area contributed by atoms with Crippen LogP contribution in [0.1, 0.15) is 26.7 Å². The van der Waals surface area contributed by atoms with Gasteiger partial charge in [-0.1, -0.05) is 37.0 Å². The topological polar surface area (TPSA) is 52.0 Å². The molecule has 2 nitrogen and oxygen atoms in total. The van der Waals surface area contributed by atoms with Crippen molar-refractivity contribution in [1.82, 2.24) is 0 Å². The van der Waals surface area contributed by atoms with E-state index in [0.717, 1.165) is 18.4 Å². The van der Waals surface area contributed by atoms with Gasteiger partial charge in [-0.15, -0.1) is 0 Å². The van der Waals surface area contributed by atoms with E-state index in [-0.39, 0.29) is 10.3 Å². The molecule has 0 amide bonds. The minimum atomic E-state index is 0.213. The highest BCUT2D eigenvalue weighted by Gasteiger charge is 2.11. The van der Waals surface area contributed by atoms with Crippen LogP contribution in [0.5, 0.6) is 0 Å². The first kappa shape index (κ1) is 12.7. The highest BCUT2D eigenvalue weighted by atomic mass is 35.5. The van der Waals surface area contributed by atoms with E-state index >= 15 is 0 Å². The van der Waals surface area contributed by atoms with Gasteiger partial charge in [0.05, 0.1) is 5.16 Å². The van der Waals surface area contributed by atoms with Crippen LogP contribution in [-0.2, 0) is 0 Å². The Morgan fingerprint density at radius 3 is 1.92 bits per heavy atom. The van der Waals surface area contributed by atoms with Crippen LogP contribution in [0.3, 0.4) is 0 Å². The van der Waals surface area contributed by atoms with E-state index in [4.69, 9.17) is 34.7 Å². The first-order valence-electron chi connectivity index (χ1n) is 4.30. The van der Waals surface area contributed by atoms with Crippen molar-refractivity contribution in [2.45, 2.75) is 26.7 Å². The molecule has 0 rings (SSSR count). The molecule has 4 heteroatoms. The molecule has 0 aromatic carbocycles. The van der Waals surface area contributed by atoms with Crippen LogP contribution >= 0.6 is 23.2 Å². The van der Waals surface area contributed by atoms with Gasteiger partial charge in [0, 0.05) is 0 Å². The minimum Gasteiger partial charge on any atom is -0.389 e. The van der Waals surface area contributed by atoms with Gasteiger partial charge < -0.3 is 11.5 Å². The second-order valence-corrected chi connectivity index (χ2v) is 3.69. The summed E-state index contributed by atoms with van der Waals surface area (Å²) in [7, 11) is 0. The molecule has 0 aliphatic carbocycles. The van der Waals surface area contributed by atoms with Crippen molar-refractivity contribution in [3.63, 3.8) is 0 Å². The third-order valence-corrected chi connectivity index (χ3v) is 2.32. The highest BCUT2D eigenvalue weighted by Crippen LogP contribution is 2.24. The van der Waals surface area contributed by atoms with Gasteiger partial charge >= 0.3 is 0 Å². The number of hydrogen-bond donors (Lipinski definition) is 2. The van der Waals surface area contributed by atoms with Gasteiger partial charge in [0.2, 0.25) is 0 Å². The Hall–Kier alpha value is -0.340. The molecule has 0 aliphatic rings. The molecule has 76 valence electrons. The van der Waals surface area contributed by atoms with E-state index in [2.05, 4.69) is 13.8 Å². The van der Waals surface area contributed by atoms with Gasteiger partial charge in [0.25, 0.3) is 0 Å². The molecule has 0 unspecified atom stereocenters. The largest absolute Gasteiger partial charge is 0.389 e. The van der Waals surface area contributed by atoms with Crippen molar-refractivity contribution in [1.29, 1.82) is 0 Å². The van der Waals surface area contributed by atoms with Crippen molar-refractivity contribution in [2.75, 3.05) is 0 Å². The molecule has 0 bridgehead atoms. The van der Waals surface area contributed by atoms with E-state index in [1.807, 2.05) is 0 Å². The summed E-state index contributed by atoms with van der Waals surface area (Å²) < 4.78 is 0. The Bertz CT molecular complexity index is 210. The van der Waals surface area contributed by atoms with Crippen molar-refractivity contribution >= 4 is 23.2 Å². The molecule has 0 fully saturated rings. The average Bonchev–Trinajstić information content (AvgIpc) is 2.04. The maximum Gasteiger partial charge on any atom is 0.103 e. The number of rotatable bonds is 4. The summed E-state index contributed by atoms with van der Waals surface area (Å²) in [6, 6.07) is 0. The van der Waals surface area contributed by atoms with Crippen LogP contribution in [0.25, 0.3) is 0 Å².